The fourth-order valence-corrected chi connectivity index (χ4v) is 3.47. The molecule has 0 heterocycles. The Morgan fingerprint density at radius 2 is 1.95 bits per heavy atom. The van der Waals surface area contributed by atoms with Gasteiger partial charge in [-0.3, -0.25) is 4.21 Å². The third kappa shape index (κ3) is 3.45. The van der Waals surface area contributed by atoms with E-state index in [1.807, 2.05) is 0 Å². The van der Waals surface area contributed by atoms with E-state index in [2.05, 4.69) is 0 Å². The van der Waals surface area contributed by atoms with Crippen LogP contribution in [-0.2, 0) is 16.6 Å². The largest absolute Gasteiger partial charge is 0.495 e. The zero-order valence-electron chi connectivity index (χ0n) is 10.7. The van der Waals surface area contributed by atoms with Crippen molar-refractivity contribution >= 4 is 39.7 Å². The van der Waals surface area contributed by atoms with Crippen molar-refractivity contribution < 1.29 is 8.95 Å². The zero-order chi connectivity index (χ0) is 14.7. The van der Waals surface area contributed by atoms with Crippen molar-refractivity contribution in [1.29, 1.82) is 0 Å². The molecule has 2 aromatic carbocycles. The Balaban J connectivity index is 2.30. The summed E-state index contributed by atoms with van der Waals surface area (Å²) in [4.78, 5) is 0.581. The van der Waals surface area contributed by atoms with Crippen molar-refractivity contribution in [2.75, 3.05) is 12.8 Å². The average molecular weight is 330 g/mol. The summed E-state index contributed by atoms with van der Waals surface area (Å²) in [6.07, 6.45) is 0. The Morgan fingerprint density at radius 3 is 2.65 bits per heavy atom. The van der Waals surface area contributed by atoms with E-state index < -0.39 is 10.8 Å². The van der Waals surface area contributed by atoms with Crippen LogP contribution in [0.2, 0.25) is 10.0 Å². The number of nitrogens with two attached hydrogens (primary N) is 1. The molecule has 0 aliphatic heterocycles. The van der Waals surface area contributed by atoms with E-state index in [4.69, 9.17) is 33.7 Å². The molecule has 1 atom stereocenters. The predicted octanol–water partition coefficient (Wildman–Crippen LogP) is 3.89. The lowest BCUT2D eigenvalue weighted by atomic mass is 10.2. The first-order chi connectivity index (χ1) is 9.51. The fourth-order valence-electron chi connectivity index (χ4n) is 1.75. The summed E-state index contributed by atoms with van der Waals surface area (Å²) in [5.41, 5.74) is 6.97. The summed E-state index contributed by atoms with van der Waals surface area (Å²) in [6.45, 7) is 0. The zero-order valence-corrected chi connectivity index (χ0v) is 13.1. The molecule has 0 aliphatic rings. The molecule has 0 spiro atoms. The molecule has 6 heteroatoms. The van der Waals surface area contributed by atoms with Gasteiger partial charge in [0.25, 0.3) is 0 Å². The van der Waals surface area contributed by atoms with E-state index in [9.17, 15) is 4.21 Å². The Hall–Kier alpha value is -1.23. The maximum atomic E-state index is 12.5. The molecule has 2 N–H and O–H groups in total. The van der Waals surface area contributed by atoms with Gasteiger partial charge in [-0.15, -0.1) is 0 Å². The minimum atomic E-state index is -1.30. The van der Waals surface area contributed by atoms with Crippen molar-refractivity contribution in [3.8, 4) is 5.75 Å². The van der Waals surface area contributed by atoms with Crippen molar-refractivity contribution in [3.05, 3.63) is 52.0 Å². The van der Waals surface area contributed by atoms with E-state index >= 15 is 0 Å². The van der Waals surface area contributed by atoms with Crippen LogP contribution in [0.15, 0.2) is 41.3 Å². The first-order valence-corrected chi connectivity index (χ1v) is 7.84. The topological polar surface area (TPSA) is 52.3 Å². The lowest BCUT2D eigenvalue weighted by Gasteiger charge is -2.10. The van der Waals surface area contributed by atoms with Gasteiger partial charge in [-0.2, -0.15) is 0 Å². The lowest BCUT2D eigenvalue weighted by molar-refractivity contribution is 0.404. The Labute approximate surface area is 130 Å². The maximum absolute atomic E-state index is 12.5. The van der Waals surface area contributed by atoms with Crippen LogP contribution >= 0.6 is 23.2 Å². The highest BCUT2D eigenvalue weighted by Crippen LogP contribution is 2.28. The summed E-state index contributed by atoms with van der Waals surface area (Å²) in [5.74, 6) is 0.765. The van der Waals surface area contributed by atoms with Crippen molar-refractivity contribution in [2.45, 2.75) is 10.6 Å². The van der Waals surface area contributed by atoms with Gasteiger partial charge in [0, 0.05) is 21.8 Å². The molecule has 0 saturated carbocycles. The molecule has 0 saturated heterocycles. The molecule has 1 unspecified atom stereocenters. The van der Waals surface area contributed by atoms with Crippen LogP contribution in [0.25, 0.3) is 0 Å². The Bertz CT molecular complexity index is 662. The van der Waals surface area contributed by atoms with Crippen LogP contribution in [0.4, 0.5) is 5.69 Å². The summed E-state index contributed by atoms with van der Waals surface area (Å²) < 4.78 is 17.7. The lowest BCUT2D eigenvalue weighted by Crippen LogP contribution is -2.01. The molecule has 0 aromatic heterocycles. The third-order valence-corrected chi connectivity index (χ3v) is 4.73. The molecule has 0 bridgehead atoms. The highest BCUT2D eigenvalue weighted by atomic mass is 35.5. The predicted molar refractivity (Wildman–Crippen MR) is 84.0 cm³/mol. The van der Waals surface area contributed by atoms with Gasteiger partial charge in [0.1, 0.15) is 5.75 Å². The standard InChI is InChI=1S/C14H13Cl2NO2S/c1-19-13-7-11(17)3-5-14(13)20(18)8-9-6-10(15)2-4-12(9)16/h2-7H,8,17H2,1H3. The normalized spacial score (nSPS) is 12.2. The second-order valence-electron chi connectivity index (χ2n) is 4.14. The van der Waals surface area contributed by atoms with Crippen molar-refractivity contribution in [3.63, 3.8) is 0 Å². The number of rotatable bonds is 4. The van der Waals surface area contributed by atoms with Crippen molar-refractivity contribution in [2.24, 2.45) is 0 Å². The summed E-state index contributed by atoms with van der Waals surface area (Å²) in [7, 11) is 0.219. The van der Waals surface area contributed by atoms with Gasteiger partial charge in [-0.1, -0.05) is 23.2 Å². The monoisotopic (exact) mass is 329 g/mol. The first kappa shape index (κ1) is 15.2. The van der Waals surface area contributed by atoms with E-state index in [0.717, 1.165) is 5.56 Å². The van der Waals surface area contributed by atoms with E-state index in [1.165, 1.54) is 7.11 Å². The van der Waals surface area contributed by atoms with E-state index in [-0.39, 0.29) is 5.75 Å². The maximum Gasteiger partial charge on any atom is 0.137 e. The van der Waals surface area contributed by atoms with Gasteiger partial charge in [-0.25, -0.2) is 0 Å². The van der Waals surface area contributed by atoms with Crippen LogP contribution < -0.4 is 10.5 Å². The summed E-state index contributed by atoms with van der Waals surface area (Å²) >= 11 is 12.0. The molecule has 0 fully saturated rings. The van der Waals surface area contributed by atoms with Gasteiger partial charge < -0.3 is 10.5 Å². The van der Waals surface area contributed by atoms with Crippen LogP contribution in [0.3, 0.4) is 0 Å². The highest BCUT2D eigenvalue weighted by molar-refractivity contribution is 7.84. The molecule has 2 aromatic rings. The van der Waals surface area contributed by atoms with E-state index in [1.54, 1.807) is 36.4 Å². The van der Waals surface area contributed by atoms with Crippen molar-refractivity contribution in [1.82, 2.24) is 0 Å². The second kappa shape index (κ2) is 6.48. The first-order valence-electron chi connectivity index (χ1n) is 5.77. The molecular formula is C14H13Cl2NO2S. The molecule has 0 amide bonds. The van der Waals surface area contributed by atoms with Crippen LogP contribution in [0.5, 0.6) is 5.75 Å². The number of methoxy groups -OCH3 is 1. The van der Waals surface area contributed by atoms with Gasteiger partial charge in [0.05, 0.1) is 28.6 Å². The van der Waals surface area contributed by atoms with Gasteiger partial charge >= 0.3 is 0 Å². The number of hydrogen-bond acceptors (Lipinski definition) is 3. The number of nitrogen functional groups attached to an aromatic ring is 1. The fraction of sp³-hybridized carbons (Fsp3) is 0.143. The number of hydrogen-bond donors (Lipinski definition) is 1. The van der Waals surface area contributed by atoms with E-state index in [0.29, 0.717) is 26.4 Å². The number of halogens is 2. The van der Waals surface area contributed by atoms with Crippen LogP contribution in [-0.4, -0.2) is 11.3 Å². The Morgan fingerprint density at radius 1 is 1.20 bits per heavy atom. The molecule has 106 valence electrons. The number of benzene rings is 2. The molecule has 20 heavy (non-hydrogen) atoms. The SMILES string of the molecule is COc1cc(N)ccc1S(=O)Cc1cc(Cl)ccc1Cl. The minimum absolute atomic E-state index is 0.264. The number of ether oxygens (including phenoxy) is 1. The van der Waals surface area contributed by atoms with Crippen LogP contribution in [0, 0.1) is 0 Å². The minimum Gasteiger partial charge on any atom is -0.495 e. The quantitative estimate of drug-likeness (QED) is 0.865. The van der Waals surface area contributed by atoms with Crippen LogP contribution in [0.1, 0.15) is 5.56 Å². The van der Waals surface area contributed by atoms with Gasteiger partial charge in [0.15, 0.2) is 0 Å². The average Bonchev–Trinajstić information content (AvgIpc) is 2.42. The molecule has 0 aliphatic carbocycles. The highest BCUT2D eigenvalue weighted by Gasteiger charge is 2.13. The smallest absolute Gasteiger partial charge is 0.137 e. The number of anilines is 1. The molecule has 0 radical (unpaired) electrons. The molecule has 3 nitrogen and oxygen atoms in total. The Kier molecular flexibility index (Phi) is 4.91. The van der Waals surface area contributed by atoms with Gasteiger partial charge in [-0.05, 0) is 35.9 Å². The third-order valence-electron chi connectivity index (χ3n) is 2.73. The molecule has 2 rings (SSSR count). The van der Waals surface area contributed by atoms with Gasteiger partial charge in [0.2, 0.25) is 0 Å². The second-order valence-corrected chi connectivity index (χ2v) is 6.40. The summed E-state index contributed by atoms with van der Waals surface area (Å²) in [5, 5.41) is 1.10. The molecular weight excluding hydrogens is 317 g/mol. The summed E-state index contributed by atoms with van der Waals surface area (Å²) in [6, 6.07) is 10.1.